The molecule has 0 aliphatic rings. The Hall–Kier alpha value is -1.93. The third kappa shape index (κ3) is 3.54. The number of aryl methyl sites for hydroxylation is 1. The van der Waals surface area contributed by atoms with E-state index in [1.807, 2.05) is 13.0 Å². The molecule has 5 heteroatoms. The molecule has 4 nitrogen and oxygen atoms in total. The highest BCUT2D eigenvalue weighted by atomic mass is 32.2. The highest BCUT2D eigenvalue weighted by molar-refractivity contribution is 7.99. The minimum absolute atomic E-state index is 0.543. The zero-order valence-electron chi connectivity index (χ0n) is 9.92. The number of thioether (sulfide) groups is 1. The summed E-state index contributed by atoms with van der Waals surface area (Å²) >= 11 is 1.50. The van der Waals surface area contributed by atoms with Crippen LogP contribution in [-0.4, -0.2) is 17.3 Å². The van der Waals surface area contributed by atoms with E-state index in [9.17, 15) is 0 Å². The number of hydrogen-bond acceptors (Lipinski definition) is 5. The molecule has 1 heterocycles. The van der Waals surface area contributed by atoms with Gasteiger partial charge in [0.25, 0.3) is 5.22 Å². The third-order valence-corrected chi connectivity index (χ3v) is 2.94. The Morgan fingerprint density at radius 1 is 1.50 bits per heavy atom. The van der Waals surface area contributed by atoms with Gasteiger partial charge in [0.2, 0.25) is 0 Å². The van der Waals surface area contributed by atoms with Gasteiger partial charge in [0.1, 0.15) is 12.0 Å². The first-order valence-corrected chi connectivity index (χ1v) is 6.44. The molecule has 0 fully saturated rings. The lowest BCUT2D eigenvalue weighted by Crippen LogP contribution is -2.00. The number of nitriles is 1. The van der Waals surface area contributed by atoms with E-state index in [0.29, 0.717) is 23.1 Å². The molecule has 0 bridgehead atoms. The van der Waals surface area contributed by atoms with Crippen molar-refractivity contribution in [3.05, 3.63) is 41.8 Å². The zero-order valence-corrected chi connectivity index (χ0v) is 10.7. The Morgan fingerprint density at radius 2 is 2.39 bits per heavy atom. The van der Waals surface area contributed by atoms with Crippen molar-refractivity contribution < 1.29 is 9.15 Å². The molecular formula is C13H12N2O2S. The summed E-state index contributed by atoms with van der Waals surface area (Å²) in [7, 11) is 0. The van der Waals surface area contributed by atoms with E-state index in [0.717, 1.165) is 11.4 Å². The number of rotatable bonds is 5. The standard InChI is InChI=1S/C13H12N2O2S/c1-10-9-17-13(15-10)18-6-5-16-12-4-2-3-11(7-12)8-14/h2-4,7,9H,5-6H2,1H3. The molecule has 0 spiro atoms. The van der Waals surface area contributed by atoms with Crippen molar-refractivity contribution in [3.63, 3.8) is 0 Å². The van der Waals surface area contributed by atoms with Crippen LogP contribution in [0, 0.1) is 18.3 Å². The van der Waals surface area contributed by atoms with Gasteiger partial charge >= 0.3 is 0 Å². The molecule has 0 aliphatic heterocycles. The van der Waals surface area contributed by atoms with Crippen LogP contribution in [0.5, 0.6) is 5.75 Å². The lowest BCUT2D eigenvalue weighted by Gasteiger charge is -2.04. The molecule has 0 saturated heterocycles. The average molecular weight is 260 g/mol. The summed E-state index contributed by atoms with van der Waals surface area (Å²) in [6.45, 7) is 2.43. The fourth-order valence-corrected chi connectivity index (χ4v) is 2.01. The SMILES string of the molecule is Cc1coc(SCCOc2cccc(C#N)c2)n1. The van der Waals surface area contributed by atoms with Gasteiger partial charge in [0.05, 0.1) is 23.9 Å². The van der Waals surface area contributed by atoms with E-state index >= 15 is 0 Å². The van der Waals surface area contributed by atoms with Crippen molar-refractivity contribution in [2.45, 2.75) is 12.1 Å². The van der Waals surface area contributed by atoms with Crippen molar-refractivity contribution in [3.8, 4) is 11.8 Å². The van der Waals surface area contributed by atoms with Crippen LogP contribution in [-0.2, 0) is 0 Å². The molecule has 1 aromatic heterocycles. The number of aromatic nitrogens is 1. The van der Waals surface area contributed by atoms with E-state index in [-0.39, 0.29) is 0 Å². The Labute approximate surface area is 110 Å². The molecule has 2 rings (SSSR count). The van der Waals surface area contributed by atoms with Crippen LogP contribution in [0.4, 0.5) is 0 Å². The number of oxazole rings is 1. The largest absolute Gasteiger partial charge is 0.493 e. The predicted octanol–water partition coefficient (Wildman–Crippen LogP) is 3.03. The number of benzene rings is 1. The quantitative estimate of drug-likeness (QED) is 0.611. The van der Waals surface area contributed by atoms with Crippen molar-refractivity contribution in [2.75, 3.05) is 12.4 Å². The van der Waals surface area contributed by atoms with Crippen LogP contribution in [0.3, 0.4) is 0 Å². The minimum Gasteiger partial charge on any atom is -0.493 e. The lowest BCUT2D eigenvalue weighted by molar-refractivity contribution is 0.343. The summed E-state index contributed by atoms with van der Waals surface area (Å²) in [5.41, 5.74) is 1.48. The fourth-order valence-electron chi connectivity index (χ4n) is 1.34. The van der Waals surface area contributed by atoms with Gasteiger partial charge in [-0.25, -0.2) is 4.98 Å². The molecule has 92 valence electrons. The number of hydrogen-bond donors (Lipinski definition) is 0. The van der Waals surface area contributed by atoms with Crippen molar-refractivity contribution in [1.82, 2.24) is 4.98 Å². The molecule has 0 unspecified atom stereocenters. The predicted molar refractivity (Wildman–Crippen MR) is 68.6 cm³/mol. The molecule has 0 amide bonds. The minimum atomic E-state index is 0.543. The summed E-state index contributed by atoms with van der Waals surface area (Å²) in [5.74, 6) is 1.45. The van der Waals surface area contributed by atoms with Gasteiger partial charge in [-0.3, -0.25) is 0 Å². The van der Waals surface area contributed by atoms with Crippen LogP contribution in [0.1, 0.15) is 11.3 Å². The number of ether oxygens (including phenoxy) is 1. The maximum absolute atomic E-state index is 8.75. The van der Waals surface area contributed by atoms with Gasteiger partial charge in [-0.05, 0) is 25.1 Å². The highest BCUT2D eigenvalue weighted by Crippen LogP contribution is 2.17. The van der Waals surface area contributed by atoms with Gasteiger partial charge in [0.15, 0.2) is 0 Å². The first-order valence-electron chi connectivity index (χ1n) is 5.46. The van der Waals surface area contributed by atoms with E-state index in [4.69, 9.17) is 14.4 Å². The molecule has 0 aliphatic carbocycles. The first-order chi connectivity index (χ1) is 8.78. The Bertz CT molecular complexity index is 560. The zero-order chi connectivity index (χ0) is 12.8. The van der Waals surface area contributed by atoms with E-state index in [1.54, 1.807) is 24.5 Å². The topological polar surface area (TPSA) is 59.0 Å². The Morgan fingerprint density at radius 3 is 3.11 bits per heavy atom. The maximum atomic E-state index is 8.75. The van der Waals surface area contributed by atoms with Crippen molar-refractivity contribution >= 4 is 11.8 Å². The molecule has 1 aromatic carbocycles. The summed E-state index contributed by atoms with van der Waals surface area (Å²) in [6.07, 6.45) is 1.62. The summed E-state index contributed by atoms with van der Waals surface area (Å²) in [5, 5.41) is 9.41. The van der Waals surface area contributed by atoms with E-state index < -0.39 is 0 Å². The fraction of sp³-hybridized carbons (Fsp3) is 0.231. The van der Waals surface area contributed by atoms with Crippen LogP contribution < -0.4 is 4.74 Å². The van der Waals surface area contributed by atoms with Gasteiger partial charge in [-0.15, -0.1) is 0 Å². The van der Waals surface area contributed by atoms with Gasteiger partial charge in [0, 0.05) is 5.75 Å². The molecule has 2 aromatic rings. The summed E-state index contributed by atoms with van der Waals surface area (Å²) in [6, 6.07) is 9.18. The monoisotopic (exact) mass is 260 g/mol. The molecule has 18 heavy (non-hydrogen) atoms. The van der Waals surface area contributed by atoms with Crippen LogP contribution in [0.25, 0.3) is 0 Å². The second-order valence-corrected chi connectivity index (χ2v) is 4.64. The Kier molecular flexibility index (Phi) is 4.26. The first kappa shape index (κ1) is 12.5. The second kappa shape index (κ2) is 6.12. The van der Waals surface area contributed by atoms with Gasteiger partial charge in [-0.1, -0.05) is 17.8 Å². The summed E-state index contributed by atoms with van der Waals surface area (Å²) < 4.78 is 10.7. The van der Waals surface area contributed by atoms with E-state index in [1.165, 1.54) is 11.8 Å². The lowest BCUT2D eigenvalue weighted by atomic mass is 10.2. The molecule has 0 radical (unpaired) electrons. The molecular weight excluding hydrogens is 248 g/mol. The van der Waals surface area contributed by atoms with Gasteiger partial charge in [-0.2, -0.15) is 5.26 Å². The number of nitrogens with zero attached hydrogens (tertiary/aromatic N) is 2. The van der Waals surface area contributed by atoms with Crippen molar-refractivity contribution in [2.24, 2.45) is 0 Å². The molecule has 0 atom stereocenters. The van der Waals surface area contributed by atoms with Crippen LogP contribution in [0.2, 0.25) is 0 Å². The van der Waals surface area contributed by atoms with Crippen LogP contribution >= 0.6 is 11.8 Å². The third-order valence-electron chi connectivity index (χ3n) is 2.14. The van der Waals surface area contributed by atoms with Crippen LogP contribution in [0.15, 0.2) is 40.2 Å². The smallest absolute Gasteiger partial charge is 0.255 e. The van der Waals surface area contributed by atoms with Gasteiger partial charge < -0.3 is 9.15 Å². The highest BCUT2D eigenvalue weighted by Gasteiger charge is 2.01. The normalized spacial score (nSPS) is 10.0. The average Bonchev–Trinajstić information content (AvgIpc) is 2.81. The second-order valence-electron chi connectivity index (χ2n) is 3.59. The maximum Gasteiger partial charge on any atom is 0.255 e. The van der Waals surface area contributed by atoms with E-state index in [2.05, 4.69) is 11.1 Å². The van der Waals surface area contributed by atoms with Crippen molar-refractivity contribution in [1.29, 1.82) is 5.26 Å². The Balaban J connectivity index is 1.77. The molecule has 0 saturated carbocycles. The molecule has 0 N–H and O–H groups in total. The summed E-state index contributed by atoms with van der Waals surface area (Å²) in [4.78, 5) is 4.18.